The summed E-state index contributed by atoms with van der Waals surface area (Å²) in [4.78, 5) is 26.9. The third-order valence-electron chi connectivity index (χ3n) is 9.20. The van der Waals surface area contributed by atoms with Crippen molar-refractivity contribution in [2.45, 2.75) is 56.6 Å². The number of nitrogens with two attached hydrogens (primary N) is 1. The van der Waals surface area contributed by atoms with Crippen molar-refractivity contribution in [2.75, 3.05) is 39.1 Å². The molecule has 9 nitrogen and oxygen atoms in total. The fourth-order valence-electron chi connectivity index (χ4n) is 6.79. The van der Waals surface area contributed by atoms with Gasteiger partial charge in [0.1, 0.15) is 11.6 Å². The number of nitrogen functional groups attached to an aromatic ring is 1. The Morgan fingerprint density at radius 3 is 2.51 bits per heavy atom. The van der Waals surface area contributed by atoms with Crippen LogP contribution in [0.2, 0.25) is 5.02 Å². The van der Waals surface area contributed by atoms with E-state index >= 15 is 4.39 Å². The maximum Gasteiger partial charge on any atom is 0.257 e. The molecule has 43 heavy (non-hydrogen) atoms. The average Bonchev–Trinajstić information content (AvgIpc) is 3.60. The van der Waals surface area contributed by atoms with E-state index in [2.05, 4.69) is 21.9 Å². The highest BCUT2D eigenvalue weighted by atomic mass is 35.5. The monoisotopic (exact) mass is 609 g/mol. The summed E-state index contributed by atoms with van der Waals surface area (Å²) in [5.74, 6) is -0.839. The number of hydrogen-bond acceptors (Lipinski definition) is 8. The van der Waals surface area contributed by atoms with Gasteiger partial charge < -0.3 is 25.2 Å². The number of likely N-dealkylation sites (tertiary alicyclic amines) is 1. The normalized spacial score (nSPS) is 24.3. The molecule has 3 atom stereocenters. The Kier molecular flexibility index (Phi) is 8.16. The summed E-state index contributed by atoms with van der Waals surface area (Å²) in [6.07, 6.45) is 5.03. The highest BCUT2D eigenvalue weighted by molar-refractivity contribution is 6.30. The lowest BCUT2D eigenvalue weighted by Crippen LogP contribution is -2.49. The number of aliphatic hydroxyl groups is 1. The molecule has 2 fully saturated rings. The van der Waals surface area contributed by atoms with Crippen molar-refractivity contribution in [3.8, 4) is 0 Å². The largest absolute Gasteiger partial charge is 0.396 e. The van der Waals surface area contributed by atoms with Gasteiger partial charge in [-0.2, -0.15) is 0 Å². The summed E-state index contributed by atoms with van der Waals surface area (Å²) in [7, 11) is 2.06. The minimum absolute atomic E-state index is 0.0742. The Labute approximate surface area is 255 Å². The van der Waals surface area contributed by atoms with Crippen molar-refractivity contribution < 1.29 is 23.8 Å². The molecule has 0 saturated carbocycles. The molecule has 3 N–H and O–H groups in total. The first kappa shape index (κ1) is 29.9. The highest BCUT2D eigenvalue weighted by Crippen LogP contribution is 2.50. The van der Waals surface area contributed by atoms with Gasteiger partial charge in [0.15, 0.2) is 0 Å². The number of benzene rings is 2. The average molecular weight is 610 g/mol. The molecular weight excluding hydrogens is 573 g/mol. The number of anilines is 1. The standard InChI is InChI=1S/C32H37ClFN5O4/c1-3-31(41,20-8-11-38(2)12-9-20)22-14-26-29(27(34)15-22)32(43-25-10-13-42-19-25,21-4-6-23(33)7-5-21)39(30(26)40)18-28-36-16-24(35)17-37-28/h4-7,14-17,20,25,41H,3,8-13,18-19,35H2,1-2H3/t25-,31-,32+/m0/s1. The molecule has 2 aromatic carbocycles. The van der Waals surface area contributed by atoms with Crippen LogP contribution in [0.1, 0.15) is 65.5 Å². The first-order valence-corrected chi connectivity index (χ1v) is 15.2. The second kappa shape index (κ2) is 11.7. The molecule has 3 aliphatic rings. The lowest BCUT2D eigenvalue weighted by Gasteiger charge is -2.41. The lowest BCUT2D eigenvalue weighted by molar-refractivity contribution is -0.149. The SMILES string of the molecule is CC[C@@](O)(c1cc(F)c2c(c1)C(=O)N(Cc1ncc(N)cn1)[C@@]2(O[C@H]1CCOC1)c1ccc(Cl)cc1)C1CCN(C)CC1. The molecule has 4 heterocycles. The van der Waals surface area contributed by atoms with Crippen LogP contribution < -0.4 is 5.73 Å². The van der Waals surface area contributed by atoms with Crippen LogP contribution in [0.15, 0.2) is 48.8 Å². The van der Waals surface area contributed by atoms with E-state index in [4.69, 9.17) is 26.8 Å². The van der Waals surface area contributed by atoms with Gasteiger partial charge in [-0.05, 0) is 81.6 Å². The predicted octanol–water partition coefficient (Wildman–Crippen LogP) is 4.45. The Morgan fingerprint density at radius 2 is 1.88 bits per heavy atom. The Hall–Kier alpha value is -3.15. The predicted molar refractivity (Wildman–Crippen MR) is 160 cm³/mol. The van der Waals surface area contributed by atoms with Gasteiger partial charge in [0.25, 0.3) is 5.91 Å². The lowest BCUT2D eigenvalue weighted by atomic mass is 9.73. The zero-order chi connectivity index (χ0) is 30.4. The number of hydrogen-bond donors (Lipinski definition) is 2. The van der Waals surface area contributed by atoms with Gasteiger partial charge in [0.2, 0.25) is 5.72 Å². The molecule has 3 aliphatic heterocycles. The Balaban J connectivity index is 1.54. The van der Waals surface area contributed by atoms with E-state index in [0.717, 1.165) is 25.9 Å². The molecule has 6 rings (SSSR count). The molecule has 11 heteroatoms. The van der Waals surface area contributed by atoms with Gasteiger partial charge in [-0.25, -0.2) is 14.4 Å². The van der Waals surface area contributed by atoms with E-state index in [9.17, 15) is 9.90 Å². The zero-order valence-corrected chi connectivity index (χ0v) is 25.2. The first-order valence-electron chi connectivity index (χ1n) is 14.8. The smallest absolute Gasteiger partial charge is 0.257 e. The molecule has 0 bridgehead atoms. The number of amides is 1. The zero-order valence-electron chi connectivity index (χ0n) is 24.4. The maximum absolute atomic E-state index is 16.8. The Bertz CT molecular complexity index is 1480. The van der Waals surface area contributed by atoms with E-state index < -0.39 is 29.2 Å². The molecular formula is C32H37ClFN5O4. The highest BCUT2D eigenvalue weighted by Gasteiger charge is 2.56. The van der Waals surface area contributed by atoms with E-state index in [0.29, 0.717) is 53.7 Å². The number of carbonyl (C=O) groups is 1. The van der Waals surface area contributed by atoms with Crippen molar-refractivity contribution >= 4 is 23.2 Å². The van der Waals surface area contributed by atoms with Crippen molar-refractivity contribution in [2.24, 2.45) is 5.92 Å². The summed E-state index contributed by atoms with van der Waals surface area (Å²) >= 11 is 6.27. The number of rotatable bonds is 8. The number of fused-ring (bicyclic) bond motifs is 1. The number of ether oxygens (including phenoxy) is 2. The third-order valence-corrected chi connectivity index (χ3v) is 9.46. The van der Waals surface area contributed by atoms with Gasteiger partial charge in [0, 0.05) is 17.2 Å². The molecule has 228 valence electrons. The van der Waals surface area contributed by atoms with Gasteiger partial charge in [0.05, 0.1) is 54.1 Å². The van der Waals surface area contributed by atoms with Crippen LogP contribution in [0.3, 0.4) is 0 Å². The summed E-state index contributed by atoms with van der Waals surface area (Å²) in [6.45, 7) is 4.29. The van der Waals surface area contributed by atoms with Crippen molar-refractivity contribution in [3.05, 3.63) is 87.7 Å². The van der Waals surface area contributed by atoms with Crippen LogP contribution in [0, 0.1) is 11.7 Å². The second-order valence-electron chi connectivity index (χ2n) is 11.8. The molecule has 1 aromatic heterocycles. The van der Waals surface area contributed by atoms with Gasteiger partial charge in [-0.1, -0.05) is 30.7 Å². The molecule has 0 radical (unpaired) electrons. The second-order valence-corrected chi connectivity index (χ2v) is 12.3. The van der Waals surface area contributed by atoms with Crippen molar-refractivity contribution in [3.63, 3.8) is 0 Å². The summed E-state index contributed by atoms with van der Waals surface area (Å²) in [5.41, 5.74) is 4.40. The number of aromatic nitrogens is 2. The number of nitrogens with zero attached hydrogens (tertiary/aromatic N) is 4. The van der Waals surface area contributed by atoms with Gasteiger partial charge in [-0.15, -0.1) is 0 Å². The third kappa shape index (κ3) is 5.29. The fraction of sp³-hybridized carbons (Fsp3) is 0.469. The minimum atomic E-state index is -1.67. The van der Waals surface area contributed by atoms with Crippen LogP contribution in [0.5, 0.6) is 0 Å². The van der Waals surface area contributed by atoms with E-state index in [-0.39, 0.29) is 23.6 Å². The van der Waals surface area contributed by atoms with Crippen LogP contribution in [-0.2, 0) is 27.3 Å². The van der Waals surface area contributed by atoms with Crippen molar-refractivity contribution in [1.29, 1.82) is 0 Å². The van der Waals surface area contributed by atoms with Gasteiger partial charge >= 0.3 is 0 Å². The van der Waals surface area contributed by atoms with Crippen LogP contribution in [0.4, 0.5) is 10.1 Å². The molecule has 0 aliphatic carbocycles. The topological polar surface area (TPSA) is 114 Å². The summed E-state index contributed by atoms with van der Waals surface area (Å²) in [5, 5.41) is 12.6. The molecule has 3 aromatic rings. The first-order chi connectivity index (χ1) is 20.7. The van der Waals surface area contributed by atoms with E-state index in [1.165, 1.54) is 23.4 Å². The van der Waals surface area contributed by atoms with Gasteiger partial charge in [-0.3, -0.25) is 9.69 Å². The Morgan fingerprint density at radius 1 is 1.19 bits per heavy atom. The number of piperidine rings is 1. The fourth-order valence-corrected chi connectivity index (χ4v) is 6.92. The molecule has 0 unspecified atom stereocenters. The van der Waals surface area contributed by atoms with Crippen LogP contribution in [-0.4, -0.2) is 70.2 Å². The minimum Gasteiger partial charge on any atom is -0.396 e. The molecule has 1 amide bonds. The summed E-state index contributed by atoms with van der Waals surface area (Å²) < 4.78 is 29.3. The van der Waals surface area contributed by atoms with Crippen LogP contribution in [0.25, 0.3) is 0 Å². The quantitative estimate of drug-likeness (QED) is 0.385. The van der Waals surface area contributed by atoms with Crippen LogP contribution >= 0.6 is 11.6 Å². The molecule has 0 spiro atoms. The maximum atomic E-state index is 16.8. The van der Waals surface area contributed by atoms with E-state index in [1.807, 2.05) is 6.92 Å². The number of halogens is 2. The molecule has 2 saturated heterocycles. The summed E-state index contributed by atoms with van der Waals surface area (Å²) in [6, 6.07) is 9.91. The van der Waals surface area contributed by atoms with Crippen molar-refractivity contribution in [1.82, 2.24) is 19.8 Å². The number of carbonyl (C=O) groups excluding carboxylic acids is 1. The van der Waals surface area contributed by atoms with E-state index in [1.54, 1.807) is 30.3 Å².